The molecular weight excluding hydrogens is 420 g/mol. The second-order valence-corrected chi connectivity index (χ2v) is 8.99. The van der Waals surface area contributed by atoms with Gasteiger partial charge in [-0.05, 0) is 37.5 Å². The second-order valence-electron chi connectivity index (χ2n) is 8.99. The van der Waals surface area contributed by atoms with E-state index in [0.717, 1.165) is 0 Å². The largest absolute Gasteiger partial charge is 0.481 e. The summed E-state index contributed by atoms with van der Waals surface area (Å²) in [5.41, 5.74) is 5.87. The third kappa shape index (κ3) is 8.10. The van der Waals surface area contributed by atoms with Crippen LogP contribution in [0.4, 0.5) is 0 Å². The van der Waals surface area contributed by atoms with Crippen molar-refractivity contribution < 1.29 is 34.2 Å². The lowest BCUT2D eigenvalue weighted by atomic mass is 10.0. The molecule has 1 fully saturated rings. The van der Waals surface area contributed by atoms with Crippen molar-refractivity contribution in [2.24, 2.45) is 17.6 Å². The number of nitrogens with one attached hydrogen (secondary N) is 2. The van der Waals surface area contributed by atoms with Crippen LogP contribution in [0.15, 0.2) is 0 Å². The summed E-state index contributed by atoms with van der Waals surface area (Å²) < 4.78 is 0. The lowest BCUT2D eigenvalue weighted by Crippen LogP contribution is -2.58. The smallest absolute Gasteiger partial charge is 0.326 e. The van der Waals surface area contributed by atoms with E-state index in [0.29, 0.717) is 19.3 Å². The Labute approximate surface area is 188 Å². The monoisotopic (exact) mass is 456 g/mol. The molecule has 1 aliphatic heterocycles. The molecule has 0 aromatic rings. The first-order valence-corrected chi connectivity index (χ1v) is 11.0. The fourth-order valence-corrected chi connectivity index (χ4v) is 3.66. The van der Waals surface area contributed by atoms with Crippen molar-refractivity contribution in [3.05, 3.63) is 0 Å². The van der Waals surface area contributed by atoms with E-state index in [4.69, 9.17) is 10.8 Å². The van der Waals surface area contributed by atoms with Gasteiger partial charge < -0.3 is 31.5 Å². The summed E-state index contributed by atoms with van der Waals surface area (Å²) in [7, 11) is 0. The SMILES string of the molecule is CC(C)CC(N)C(=O)NC(CCC(=O)O)C(=O)NC(C(=O)N1CCCC1C(=O)O)C(C)C. The molecular formula is C21H36N4O7. The Balaban J connectivity index is 2.97. The van der Waals surface area contributed by atoms with Gasteiger partial charge in [-0.3, -0.25) is 19.2 Å². The molecule has 11 heteroatoms. The number of carbonyl (C=O) groups is 5. The van der Waals surface area contributed by atoms with Gasteiger partial charge in [0.15, 0.2) is 0 Å². The number of nitrogens with two attached hydrogens (primary N) is 1. The maximum absolute atomic E-state index is 13.0. The minimum absolute atomic E-state index is 0.146. The molecule has 4 unspecified atom stereocenters. The molecule has 0 saturated carbocycles. The maximum atomic E-state index is 13.0. The molecule has 1 saturated heterocycles. The quantitative estimate of drug-likeness (QED) is 0.270. The fraction of sp³-hybridized carbons (Fsp3) is 0.762. The van der Waals surface area contributed by atoms with Gasteiger partial charge in [-0.2, -0.15) is 0 Å². The predicted octanol–water partition coefficient (Wildman–Crippen LogP) is -0.0742. The van der Waals surface area contributed by atoms with Crippen molar-refractivity contribution in [1.82, 2.24) is 15.5 Å². The Morgan fingerprint density at radius 3 is 2.16 bits per heavy atom. The average Bonchev–Trinajstić information content (AvgIpc) is 3.17. The summed E-state index contributed by atoms with van der Waals surface area (Å²) in [6.07, 6.45) is 0.724. The Morgan fingerprint density at radius 1 is 1.03 bits per heavy atom. The zero-order chi connectivity index (χ0) is 24.6. The first-order chi connectivity index (χ1) is 14.8. The van der Waals surface area contributed by atoms with Crippen molar-refractivity contribution in [2.45, 2.75) is 84.0 Å². The Bertz CT molecular complexity index is 710. The second kappa shape index (κ2) is 12.4. The van der Waals surface area contributed by atoms with E-state index in [1.807, 2.05) is 13.8 Å². The number of aliphatic carboxylic acids is 2. The van der Waals surface area contributed by atoms with Gasteiger partial charge in [0.25, 0.3) is 0 Å². The zero-order valence-corrected chi connectivity index (χ0v) is 19.2. The number of carboxylic acids is 2. The molecule has 0 radical (unpaired) electrons. The highest BCUT2D eigenvalue weighted by atomic mass is 16.4. The van der Waals surface area contributed by atoms with Crippen LogP contribution in [0, 0.1) is 11.8 Å². The number of hydrogen-bond acceptors (Lipinski definition) is 6. The molecule has 1 aliphatic rings. The molecule has 0 aromatic carbocycles. The summed E-state index contributed by atoms with van der Waals surface area (Å²) >= 11 is 0. The first kappa shape index (κ1) is 27.3. The van der Waals surface area contributed by atoms with Crippen molar-refractivity contribution >= 4 is 29.7 Å². The van der Waals surface area contributed by atoms with Crippen molar-refractivity contribution in [2.75, 3.05) is 6.54 Å². The molecule has 6 N–H and O–H groups in total. The lowest BCUT2D eigenvalue weighted by molar-refractivity contribution is -0.150. The lowest BCUT2D eigenvalue weighted by Gasteiger charge is -2.30. The maximum Gasteiger partial charge on any atom is 0.326 e. The van der Waals surface area contributed by atoms with Gasteiger partial charge in [-0.15, -0.1) is 0 Å². The normalized spacial score (nSPS) is 18.8. The summed E-state index contributed by atoms with van der Waals surface area (Å²) in [5, 5.41) is 23.5. The van der Waals surface area contributed by atoms with Crippen LogP contribution in [-0.4, -0.2) is 75.5 Å². The van der Waals surface area contributed by atoms with E-state index >= 15 is 0 Å². The van der Waals surface area contributed by atoms with Crippen LogP contribution >= 0.6 is 0 Å². The van der Waals surface area contributed by atoms with E-state index in [1.165, 1.54) is 4.90 Å². The molecule has 0 aromatic heterocycles. The first-order valence-electron chi connectivity index (χ1n) is 11.0. The van der Waals surface area contributed by atoms with Gasteiger partial charge >= 0.3 is 11.9 Å². The molecule has 3 amide bonds. The highest BCUT2D eigenvalue weighted by molar-refractivity contribution is 5.94. The molecule has 1 heterocycles. The van der Waals surface area contributed by atoms with Crippen molar-refractivity contribution in [3.8, 4) is 0 Å². The molecule has 0 bridgehead atoms. The van der Waals surface area contributed by atoms with Crippen LogP contribution in [0.25, 0.3) is 0 Å². The molecule has 32 heavy (non-hydrogen) atoms. The minimum Gasteiger partial charge on any atom is -0.481 e. The Kier molecular flexibility index (Phi) is 10.6. The molecule has 4 atom stereocenters. The number of carboxylic acid groups (broad SMARTS) is 2. The number of likely N-dealkylation sites (tertiary alicyclic amines) is 1. The van der Waals surface area contributed by atoms with E-state index in [1.54, 1.807) is 13.8 Å². The highest BCUT2D eigenvalue weighted by Gasteiger charge is 2.39. The van der Waals surface area contributed by atoms with Crippen molar-refractivity contribution in [1.29, 1.82) is 0 Å². The minimum atomic E-state index is -1.19. The van der Waals surface area contributed by atoms with E-state index in [9.17, 15) is 29.1 Å². The molecule has 0 aliphatic carbocycles. The molecule has 11 nitrogen and oxygen atoms in total. The fourth-order valence-electron chi connectivity index (χ4n) is 3.66. The van der Waals surface area contributed by atoms with Crippen LogP contribution in [-0.2, 0) is 24.0 Å². The Morgan fingerprint density at radius 2 is 1.66 bits per heavy atom. The molecule has 182 valence electrons. The predicted molar refractivity (Wildman–Crippen MR) is 115 cm³/mol. The van der Waals surface area contributed by atoms with E-state index in [-0.39, 0.29) is 31.2 Å². The van der Waals surface area contributed by atoms with Crippen LogP contribution in [0.3, 0.4) is 0 Å². The van der Waals surface area contributed by atoms with Crippen LogP contribution < -0.4 is 16.4 Å². The number of rotatable bonds is 12. The van der Waals surface area contributed by atoms with Gasteiger partial charge in [-0.25, -0.2) is 4.79 Å². The third-order valence-corrected chi connectivity index (χ3v) is 5.39. The third-order valence-electron chi connectivity index (χ3n) is 5.39. The molecule has 0 spiro atoms. The standard InChI is InChI=1S/C21H36N4O7/c1-11(2)10-13(22)18(28)23-14(7-8-16(26)27)19(29)24-17(12(3)4)20(30)25-9-5-6-15(25)21(31)32/h11-15,17H,5-10,22H2,1-4H3,(H,23,28)(H,24,29)(H,26,27)(H,31,32). The van der Waals surface area contributed by atoms with Gasteiger partial charge in [0.05, 0.1) is 6.04 Å². The van der Waals surface area contributed by atoms with Crippen molar-refractivity contribution in [3.63, 3.8) is 0 Å². The topological polar surface area (TPSA) is 179 Å². The van der Waals surface area contributed by atoms with Crippen LogP contribution in [0.5, 0.6) is 0 Å². The summed E-state index contributed by atoms with van der Waals surface area (Å²) in [6.45, 7) is 7.47. The number of carbonyl (C=O) groups excluding carboxylic acids is 3. The highest BCUT2D eigenvalue weighted by Crippen LogP contribution is 2.20. The number of hydrogen-bond donors (Lipinski definition) is 5. The Hall–Kier alpha value is -2.69. The van der Waals surface area contributed by atoms with Gasteiger partial charge in [-0.1, -0.05) is 27.7 Å². The van der Waals surface area contributed by atoms with E-state index < -0.39 is 53.8 Å². The van der Waals surface area contributed by atoms with Gasteiger partial charge in [0, 0.05) is 13.0 Å². The van der Waals surface area contributed by atoms with Gasteiger partial charge in [0.1, 0.15) is 18.1 Å². The summed E-state index contributed by atoms with van der Waals surface area (Å²) in [5.74, 6) is -4.26. The zero-order valence-electron chi connectivity index (χ0n) is 19.2. The van der Waals surface area contributed by atoms with Crippen LogP contribution in [0.2, 0.25) is 0 Å². The summed E-state index contributed by atoms with van der Waals surface area (Å²) in [4.78, 5) is 62.1. The number of amides is 3. The van der Waals surface area contributed by atoms with Crippen LogP contribution in [0.1, 0.15) is 59.8 Å². The van der Waals surface area contributed by atoms with Gasteiger partial charge in [0.2, 0.25) is 17.7 Å². The molecule has 1 rings (SSSR count). The number of nitrogens with zero attached hydrogens (tertiary/aromatic N) is 1. The summed E-state index contributed by atoms with van der Waals surface area (Å²) in [6, 6.07) is -4.02. The average molecular weight is 457 g/mol. The van der Waals surface area contributed by atoms with E-state index in [2.05, 4.69) is 10.6 Å².